The van der Waals surface area contributed by atoms with Gasteiger partial charge in [0.15, 0.2) is 0 Å². The van der Waals surface area contributed by atoms with Crippen LogP contribution in [0.25, 0.3) is 0 Å². The van der Waals surface area contributed by atoms with Crippen LogP contribution in [0.5, 0.6) is 0 Å². The first kappa shape index (κ1) is 17.0. The highest BCUT2D eigenvalue weighted by molar-refractivity contribution is 5.79. The van der Waals surface area contributed by atoms with Crippen LogP contribution in [-0.4, -0.2) is 45.9 Å². The number of likely N-dealkylation sites (tertiary alicyclic amines) is 2. The number of pyridine rings is 1. The Morgan fingerprint density at radius 1 is 1.04 bits per heavy atom. The number of piperidine rings is 1. The molecule has 1 saturated carbocycles. The minimum atomic E-state index is 0.115. The topological polar surface area (TPSA) is 36.4 Å². The number of carbonyl (C=O) groups excluding carboxylic acids is 1. The Hall–Kier alpha value is -1.42. The maximum atomic E-state index is 12.5. The Morgan fingerprint density at radius 3 is 2.48 bits per heavy atom. The summed E-state index contributed by atoms with van der Waals surface area (Å²) in [6, 6.07) is 4.08. The summed E-state index contributed by atoms with van der Waals surface area (Å²) in [7, 11) is 0. The third-order valence-corrected chi connectivity index (χ3v) is 6.80. The van der Waals surface area contributed by atoms with Gasteiger partial charge in [0.1, 0.15) is 0 Å². The van der Waals surface area contributed by atoms with Gasteiger partial charge in [0.25, 0.3) is 0 Å². The highest BCUT2D eigenvalue weighted by Gasteiger charge is 2.46. The fourth-order valence-electron chi connectivity index (χ4n) is 5.21. The summed E-state index contributed by atoms with van der Waals surface area (Å²) < 4.78 is 0. The molecule has 2 aliphatic heterocycles. The molecule has 0 radical (unpaired) electrons. The zero-order valence-corrected chi connectivity index (χ0v) is 15.3. The zero-order chi connectivity index (χ0) is 17.1. The molecule has 3 aliphatic rings. The van der Waals surface area contributed by atoms with Gasteiger partial charge in [0.2, 0.25) is 5.91 Å². The molecule has 0 unspecified atom stereocenters. The maximum absolute atomic E-state index is 12.5. The van der Waals surface area contributed by atoms with Gasteiger partial charge in [-0.3, -0.25) is 9.78 Å². The van der Waals surface area contributed by atoms with Crippen LogP contribution in [0.4, 0.5) is 0 Å². The highest BCUT2D eigenvalue weighted by atomic mass is 16.2. The molecular weight excluding hydrogens is 310 g/mol. The molecular formula is C21H31N3O. The first-order chi connectivity index (χ1) is 12.3. The van der Waals surface area contributed by atoms with Crippen molar-refractivity contribution >= 4 is 5.91 Å². The van der Waals surface area contributed by atoms with Gasteiger partial charge >= 0.3 is 0 Å². The van der Waals surface area contributed by atoms with Crippen molar-refractivity contribution in [2.75, 3.05) is 19.6 Å². The summed E-state index contributed by atoms with van der Waals surface area (Å²) in [6.07, 6.45) is 14.9. The molecule has 1 aliphatic carbocycles. The Kier molecular flexibility index (Phi) is 5.07. The molecule has 0 bridgehead atoms. The molecule has 1 aromatic heterocycles. The van der Waals surface area contributed by atoms with Crippen molar-refractivity contribution in [3.63, 3.8) is 0 Å². The van der Waals surface area contributed by atoms with Crippen LogP contribution < -0.4 is 0 Å². The first-order valence-electron chi connectivity index (χ1n) is 10.2. The summed E-state index contributed by atoms with van der Waals surface area (Å²) in [5.74, 6) is 1.26. The van der Waals surface area contributed by atoms with E-state index in [4.69, 9.17) is 0 Å². The van der Waals surface area contributed by atoms with Crippen LogP contribution in [0.3, 0.4) is 0 Å². The number of amides is 1. The molecule has 4 heteroatoms. The van der Waals surface area contributed by atoms with Crippen molar-refractivity contribution in [2.45, 2.75) is 69.9 Å². The fraction of sp³-hybridized carbons (Fsp3) is 0.714. The lowest BCUT2D eigenvalue weighted by Gasteiger charge is -2.46. The third-order valence-electron chi connectivity index (χ3n) is 6.80. The average Bonchev–Trinajstić information content (AvgIpc) is 2.95. The van der Waals surface area contributed by atoms with Crippen LogP contribution >= 0.6 is 0 Å². The lowest BCUT2D eigenvalue weighted by Crippen LogP contribution is -2.53. The van der Waals surface area contributed by atoms with E-state index in [-0.39, 0.29) is 5.54 Å². The number of nitrogens with zero attached hydrogens (tertiary/aromatic N) is 3. The Labute approximate surface area is 151 Å². The van der Waals surface area contributed by atoms with Crippen molar-refractivity contribution in [3.05, 3.63) is 30.1 Å². The van der Waals surface area contributed by atoms with E-state index in [1.807, 2.05) is 24.5 Å². The largest absolute Gasteiger partial charge is 0.333 e. The number of hydrogen-bond donors (Lipinski definition) is 0. The molecule has 1 spiro atoms. The second-order valence-corrected chi connectivity index (χ2v) is 8.36. The smallest absolute Gasteiger partial charge is 0.223 e. The zero-order valence-electron chi connectivity index (χ0n) is 15.3. The highest BCUT2D eigenvalue weighted by Crippen LogP contribution is 2.40. The van der Waals surface area contributed by atoms with Gasteiger partial charge in [-0.25, -0.2) is 0 Å². The molecule has 1 aromatic rings. The molecule has 136 valence electrons. The second-order valence-electron chi connectivity index (χ2n) is 8.36. The lowest BCUT2D eigenvalue weighted by atomic mass is 9.83. The molecule has 4 nitrogen and oxygen atoms in total. The number of hydrogen-bond acceptors (Lipinski definition) is 3. The predicted octanol–water partition coefficient (Wildman–Crippen LogP) is 3.62. The van der Waals surface area contributed by atoms with E-state index in [0.29, 0.717) is 5.91 Å². The molecule has 4 rings (SSSR count). The normalized spacial score (nSPS) is 25.0. The Bertz CT molecular complexity index is 574. The quantitative estimate of drug-likeness (QED) is 0.839. The van der Waals surface area contributed by atoms with Crippen molar-refractivity contribution in [1.29, 1.82) is 0 Å². The second kappa shape index (κ2) is 7.45. The molecule has 1 amide bonds. The molecule has 25 heavy (non-hydrogen) atoms. The van der Waals surface area contributed by atoms with Gasteiger partial charge in [-0.1, -0.05) is 19.3 Å². The van der Waals surface area contributed by atoms with E-state index < -0.39 is 0 Å². The van der Waals surface area contributed by atoms with Crippen LogP contribution in [0.2, 0.25) is 0 Å². The van der Waals surface area contributed by atoms with Gasteiger partial charge in [-0.05, 0) is 55.7 Å². The van der Waals surface area contributed by atoms with E-state index in [1.165, 1.54) is 44.2 Å². The molecule has 0 N–H and O–H groups in total. The molecule has 0 aromatic carbocycles. The van der Waals surface area contributed by atoms with Crippen molar-refractivity contribution in [3.8, 4) is 0 Å². The molecule has 3 heterocycles. The minimum Gasteiger partial charge on any atom is -0.333 e. The standard InChI is InChI=1S/C21H31N3O/c25-20-6-9-21(24(20)17-19-7-12-22-13-8-19)10-14-23(15-11-21)16-18-4-2-1-3-5-18/h7-8,12-13,18H,1-6,9-11,14-17H2. The summed E-state index contributed by atoms with van der Waals surface area (Å²) >= 11 is 0. The third kappa shape index (κ3) is 3.74. The van der Waals surface area contributed by atoms with E-state index >= 15 is 0 Å². The van der Waals surface area contributed by atoms with Gasteiger partial charge in [0, 0.05) is 50.5 Å². The van der Waals surface area contributed by atoms with E-state index in [1.54, 1.807) is 0 Å². The summed E-state index contributed by atoms with van der Waals surface area (Å²) in [6.45, 7) is 4.37. The molecule has 0 atom stereocenters. The summed E-state index contributed by atoms with van der Waals surface area (Å²) in [5, 5.41) is 0. The first-order valence-corrected chi connectivity index (χ1v) is 10.2. The van der Waals surface area contributed by atoms with Gasteiger partial charge in [-0.15, -0.1) is 0 Å². The summed E-state index contributed by atoms with van der Waals surface area (Å²) in [5.41, 5.74) is 1.32. The number of carbonyl (C=O) groups is 1. The van der Waals surface area contributed by atoms with Crippen LogP contribution in [0.15, 0.2) is 24.5 Å². The monoisotopic (exact) mass is 341 g/mol. The van der Waals surface area contributed by atoms with E-state index in [2.05, 4.69) is 14.8 Å². The van der Waals surface area contributed by atoms with E-state index in [9.17, 15) is 4.79 Å². The fourth-order valence-corrected chi connectivity index (χ4v) is 5.21. The van der Waals surface area contributed by atoms with Crippen molar-refractivity contribution in [1.82, 2.24) is 14.8 Å². The van der Waals surface area contributed by atoms with Gasteiger partial charge < -0.3 is 9.80 Å². The van der Waals surface area contributed by atoms with Gasteiger partial charge in [0.05, 0.1) is 0 Å². The Morgan fingerprint density at radius 2 is 1.76 bits per heavy atom. The van der Waals surface area contributed by atoms with Gasteiger partial charge in [-0.2, -0.15) is 0 Å². The molecule has 2 saturated heterocycles. The number of aromatic nitrogens is 1. The predicted molar refractivity (Wildman–Crippen MR) is 99.0 cm³/mol. The summed E-state index contributed by atoms with van der Waals surface area (Å²) in [4.78, 5) is 21.5. The van der Waals surface area contributed by atoms with Crippen LogP contribution in [0.1, 0.15) is 63.4 Å². The Balaban J connectivity index is 1.37. The van der Waals surface area contributed by atoms with Crippen LogP contribution in [0, 0.1) is 5.92 Å². The molecule has 3 fully saturated rings. The van der Waals surface area contributed by atoms with Crippen molar-refractivity contribution < 1.29 is 4.79 Å². The van der Waals surface area contributed by atoms with E-state index in [0.717, 1.165) is 51.2 Å². The SMILES string of the molecule is O=C1CCC2(CCN(CC3CCCCC3)CC2)N1Cc1ccncc1. The van der Waals surface area contributed by atoms with Crippen molar-refractivity contribution in [2.24, 2.45) is 5.92 Å². The average molecular weight is 341 g/mol. The van der Waals surface area contributed by atoms with Crippen LogP contribution in [-0.2, 0) is 11.3 Å². The minimum absolute atomic E-state index is 0.115. The lowest BCUT2D eigenvalue weighted by molar-refractivity contribution is -0.133. The maximum Gasteiger partial charge on any atom is 0.223 e. The number of rotatable bonds is 4.